The number of esters is 1. The number of carbonyl (C=O) groups excluding carboxylic acids is 4. The van der Waals surface area contributed by atoms with E-state index in [1.807, 2.05) is 0 Å². The molecule has 0 aliphatic heterocycles. The zero-order valence-electron chi connectivity index (χ0n) is 15.3. The summed E-state index contributed by atoms with van der Waals surface area (Å²) < 4.78 is 10.1. The van der Waals surface area contributed by atoms with Gasteiger partial charge in [0.15, 0.2) is 11.6 Å². The highest BCUT2D eigenvalue weighted by Crippen LogP contribution is 2.18. The Morgan fingerprint density at radius 2 is 1.54 bits per heavy atom. The van der Waals surface area contributed by atoms with Gasteiger partial charge in [-0.15, -0.1) is 0 Å². The van der Waals surface area contributed by atoms with Crippen LogP contribution < -0.4 is 4.74 Å². The van der Waals surface area contributed by atoms with Crippen molar-refractivity contribution in [3.8, 4) is 5.75 Å². The van der Waals surface area contributed by atoms with Crippen molar-refractivity contribution in [2.24, 2.45) is 4.99 Å². The molecule has 7 heteroatoms. The molecule has 0 N–H and O–H groups in total. The SMILES string of the molecule is CCOC(=O)CCC(=O)COc1ccc(C(=O)c2ccc(N=C=O)cc2)cc1. The molecule has 28 heavy (non-hydrogen) atoms. The van der Waals surface area contributed by atoms with E-state index in [0.29, 0.717) is 22.6 Å². The average Bonchev–Trinajstić information content (AvgIpc) is 2.71. The van der Waals surface area contributed by atoms with Crippen molar-refractivity contribution in [2.75, 3.05) is 13.2 Å². The molecule has 0 amide bonds. The number of ketones is 2. The van der Waals surface area contributed by atoms with Gasteiger partial charge < -0.3 is 9.47 Å². The lowest BCUT2D eigenvalue weighted by Gasteiger charge is -2.07. The van der Waals surface area contributed by atoms with Crippen LogP contribution in [-0.2, 0) is 19.1 Å². The number of isocyanates is 1. The molecule has 0 unspecified atom stereocenters. The molecule has 144 valence electrons. The van der Waals surface area contributed by atoms with Crippen molar-refractivity contribution < 1.29 is 28.7 Å². The highest BCUT2D eigenvalue weighted by atomic mass is 16.5. The van der Waals surface area contributed by atoms with E-state index in [2.05, 4.69) is 4.99 Å². The molecule has 0 atom stereocenters. The minimum Gasteiger partial charge on any atom is -0.486 e. The van der Waals surface area contributed by atoms with Crippen molar-refractivity contribution >= 4 is 29.3 Å². The molecule has 0 saturated carbocycles. The number of rotatable bonds is 10. The third kappa shape index (κ3) is 6.30. The Morgan fingerprint density at radius 3 is 2.11 bits per heavy atom. The van der Waals surface area contributed by atoms with Crippen LogP contribution in [0.1, 0.15) is 35.7 Å². The molecule has 0 heterocycles. The Morgan fingerprint density at radius 1 is 0.929 bits per heavy atom. The number of hydrogen-bond donors (Lipinski definition) is 0. The first-order valence-electron chi connectivity index (χ1n) is 8.66. The molecular formula is C21H19NO6. The first-order chi connectivity index (χ1) is 13.5. The zero-order valence-corrected chi connectivity index (χ0v) is 15.3. The molecule has 0 spiro atoms. The summed E-state index contributed by atoms with van der Waals surface area (Å²) in [4.78, 5) is 49.1. The van der Waals surface area contributed by atoms with Crippen molar-refractivity contribution in [1.82, 2.24) is 0 Å². The largest absolute Gasteiger partial charge is 0.486 e. The Kier molecular flexibility index (Phi) is 7.81. The summed E-state index contributed by atoms with van der Waals surface area (Å²) in [6.45, 7) is 1.82. The summed E-state index contributed by atoms with van der Waals surface area (Å²) in [6, 6.07) is 12.6. The van der Waals surface area contributed by atoms with Crippen LogP contribution in [0.15, 0.2) is 53.5 Å². The highest BCUT2D eigenvalue weighted by molar-refractivity contribution is 6.09. The van der Waals surface area contributed by atoms with Gasteiger partial charge in [0.05, 0.1) is 18.7 Å². The molecule has 0 aliphatic rings. The second-order valence-corrected chi connectivity index (χ2v) is 5.74. The van der Waals surface area contributed by atoms with Crippen LogP contribution in [-0.4, -0.2) is 36.8 Å². The summed E-state index contributed by atoms with van der Waals surface area (Å²) in [7, 11) is 0. The lowest BCUT2D eigenvalue weighted by Crippen LogP contribution is -2.14. The summed E-state index contributed by atoms with van der Waals surface area (Å²) in [5, 5.41) is 0. The first-order valence-corrected chi connectivity index (χ1v) is 8.66. The fourth-order valence-corrected chi connectivity index (χ4v) is 2.32. The molecule has 2 rings (SSSR count). The van der Waals surface area contributed by atoms with Crippen LogP contribution in [0.25, 0.3) is 0 Å². The fourth-order valence-electron chi connectivity index (χ4n) is 2.32. The standard InChI is InChI=1S/C21H19NO6/c1-2-27-20(25)12-9-18(24)13-28-19-10-5-16(6-11-19)21(26)15-3-7-17(8-4-15)22-14-23/h3-8,10-11H,2,9,12-13H2,1H3. The van der Waals surface area contributed by atoms with Gasteiger partial charge in [0.2, 0.25) is 6.08 Å². The Balaban J connectivity index is 1.88. The van der Waals surface area contributed by atoms with E-state index in [1.54, 1.807) is 55.5 Å². The van der Waals surface area contributed by atoms with Gasteiger partial charge in [0.25, 0.3) is 0 Å². The molecule has 7 nitrogen and oxygen atoms in total. The van der Waals surface area contributed by atoms with Crippen LogP contribution in [0, 0.1) is 0 Å². The van der Waals surface area contributed by atoms with E-state index in [9.17, 15) is 19.2 Å². The molecule has 0 fully saturated rings. The van der Waals surface area contributed by atoms with Gasteiger partial charge in [-0.2, -0.15) is 4.99 Å². The van der Waals surface area contributed by atoms with E-state index in [0.717, 1.165) is 0 Å². The Labute approximate surface area is 162 Å². The van der Waals surface area contributed by atoms with E-state index >= 15 is 0 Å². The molecule has 0 radical (unpaired) electrons. The molecule has 2 aromatic carbocycles. The van der Waals surface area contributed by atoms with Crippen LogP contribution in [0.4, 0.5) is 5.69 Å². The van der Waals surface area contributed by atoms with Crippen molar-refractivity contribution in [2.45, 2.75) is 19.8 Å². The summed E-state index contributed by atoms with van der Waals surface area (Å²) in [5.41, 5.74) is 1.32. The van der Waals surface area contributed by atoms with Crippen molar-refractivity contribution in [3.63, 3.8) is 0 Å². The molecular weight excluding hydrogens is 362 g/mol. The van der Waals surface area contributed by atoms with Gasteiger partial charge in [0, 0.05) is 17.5 Å². The Hall–Kier alpha value is -3.57. The molecule has 2 aromatic rings. The summed E-state index contributed by atoms with van der Waals surface area (Å²) in [5.74, 6) is -0.383. The first kappa shape index (κ1) is 20.7. The van der Waals surface area contributed by atoms with Gasteiger partial charge in [-0.1, -0.05) is 0 Å². The van der Waals surface area contributed by atoms with Gasteiger partial charge in [-0.05, 0) is 55.5 Å². The van der Waals surface area contributed by atoms with Crippen LogP contribution >= 0.6 is 0 Å². The maximum Gasteiger partial charge on any atom is 0.306 e. The number of aliphatic imine (C=N–C) groups is 1. The number of ether oxygens (including phenoxy) is 2. The third-order valence-electron chi connectivity index (χ3n) is 3.73. The normalized spacial score (nSPS) is 9.89. The summed E-state index contributed by atoms with van der Waals surface area (Å²) in [6.07, 6.45) is 1.52. The number of hydrogen-bond acceptors (Lipinski definition) is 7. The lowest BCUT2D eigenvalue weighted by atomic mass is 10.0. The number of nitrogens with zero attached hydrogens (tertiary/aromatic N) is 1. The topological polar surface area (TPSA) is 99.1 Å². The predicted octanol–water partition coefficient (Wildman–Crippen LogP) is 3.18. The van der Waals surface area contributed by atoms with Crippen LogP contribution in [0.3, 0.4) is 0 Å². The highest BCUT2D eigenvalue weighted by Gasteiger charge is 2.11. The fraction of sp³-hybridized carbons (Fsp3) is 0.238. The molecule has 0 aliphatic carbocycles. The molecule has 0 aromatic heterocycles. The average molecular weight is 381 g/mol. The van der Waals surface area contributed by atoms with E-state index in [1.165, 1.54) is 6.08 Å². The summed E-state index contributed by atoms with van der Waals surface area (Å²) >= 11 is 0. The minimum atomic E-state index is -0.412. The van der Waals surface area contributed by atoms with Crippen molar-refractivity contribution in [1.29, 1.82) is 0 Å². The zero-order chi connectivity index (χ0) is 20.4. The monoisotopic (exact) mass is 381 g/mol. The molecule has 0 saturated heterocycles. The number of carbonyl (C=O) groups is 3. The van der Waals surface area contributed by atoms with Gasteiger partial charge in [-0.25, -0.2) is 4.79 Å². The van der Waals surface area contributed by atoms with Crippen LogP contribution in [0.5, 0.6) is 5.75 Å². The molecule has 0 bridgehead atoms. The maximum atomic E-state index is 12.4. The predicted molar refractivity (Wildman–Crippen MR) is 100 cm³/mol. The second-order valence-electron chi connectivity index (χ2n) is 5.74. The van der Waals surface area contributed by atoms with Crippen LogP contribution in [0.2, 0.25) is 0 Å². The Bertz CT molecular complexity index is 880. The van der Waals surface area contributed by atoms with E-state index in [4.69, 9.17) is 9.47 Å². The second kappa shape index (κ2) is 10.5. The number of benzene rings is 2. The lowest BCUT2D eigenvalue weighted by molar-refractivity contribution is -0.144. The minimum absolute atomic E-state index is 0.0282. The van der Waals surface area contributed by atoms with Crippen molar-refractivity contribution in [3.05, 3.63) is 59.7 Å². The maximum absolute atomic E-state index is 12.4. The van der Waals surface area contributed by atoms with Gasteiger partial charge >= 0.3 is 5.97 Å². The van der Waals surface area contributed by atoms with Gasteiger partial charge in [0.1, 0.15) is 12.4 Å². The quantitative estimate of drug-likeness (QED) is 0.271. The smallest absolute Gasteiger partial charge is 0.306 e. The van der Waals surface area contributed by atoms with Gasteiger partial charge in [-0.3, -0.25) is 14.4 Å². The third-order valence-corrected chi connectivity index (χ3v) is 3.73. The number of Topliss-reactive ketones (excluding diaryl/α,β-unsaturated/α-hetero) is 1. The van der Waals surface area contributed by atoms with E-state index < -0.39 is 5.97 Å². The van der Waals surface area contributed by atoms with E-state index in [-0.39, 0.29) is 37.6 Å².